The average Bonchev–Trinajstić information content (AvgIpc) is 2.75. The molecule has 0 bridgehead atoms. The molecule has 82 valence electrons. The second-order valence-corrected chi connectivity index (χ2v) is 4.26. The molecule has 1 aromatic carbocycles. The Morgan fingerprint density at radius 3 is 3.12 bits per heavy atom. The number of hydrogen-bond donors (Lipinski definition) is 1. The van der Waals surface area contributed by atoms with Crippen LogP contribution in [0.1, 0.15) is 11.1 Å². The van der Waals surface area contributed by atoms with Crippen molar-refractivity contribution in [2.24, 2.45) is 7.05 Å². The van der Waals surface area contributed by atoms with Gasteiger partial charge in [-0.3, -0.25) is 0 Å². The number of nitrogens with one attached hydrogen (secondary N) is 1. The highest BCUT2D eigenvalue weighted by molar-refractivity contribution is 5.65. The maximum absolute atomic E-state index is 4.19. The van der Waals surface area contributed by atoms with E-state index in [4.69, 9.17) is 0 Å². The summed E-state index contributed by atoms with van der Waals surface area (Å²) in [6, 6.07) is 6.54. The zero-order chi connectivity index (χ0) is 11.0. The summed E-state index contributed by atoms with van der Waals surface area (Å²) in [6.07, 6.45) is 4.91. The van der Waals surface area contributed by atoms with E-state index in [-0.39, 0.29) is 0 Å². The Balaban J connectivity index is 2.18. The van der Waals surface area contributed by atoms with Crippen molar-refractivity contribution in [3.05, 3.63) is 41.9 Å². The number of nitrogens with zero attached hydrogens (tertiary/aromatic N) is 2. The summed E-state index contributed by atoms with van der Waals surface area (Å²) in [5.41, 5.74) is 5.44. The molecule has 16 heavy (non-hydrogen) atoms. The smallest absolute Gasteiger partial charge is 0.0948 e. The van der Waals surface area contributed by atoms with Crippen LogP contribution in [0.2, 0.25) is 0 Å². The Bertz CT molecular complexity index is 514. The van der Waals surface area contributed by atoms with Crippen molar-refractivity contribution < 1.29 is 0 Å². The topological polar surface area (TPSA) is 29.9 Å². The van der Waals surface area contributed by atoms with Crippen LogP contribution in [0, 0.1) is 0 Å². The highest BCUT2D eigenvalue weighted by Gasteiger charge is 2.14. The maximum atomic E-state index is 4.19. The van der Waals surface area contributed by atoms with Crippen LogP contribution in [0.4, 0.5) is 0 Å². The van der Waals surface area contributed by atoms with Crippen molar-refractivity contribution in [3.8, 4) is 11.3 Å². The first-order chi connectivity index (χ1) is 7.86. The van der Waals surface area contributed by atoms with Crippen LogP contribution in [-0.2, 0) is 20.0 Å². The van der Waals surface area contributed by atoms with Gasteiger partial charge in [0, 0.05) is 19.2 Å². The fourth-order valence-electron chi connectivity index (χ4n) is 2.39. The Kier molecular flexibility index (Phi) is 2.26. The summed E-state index contributed by atoms with van der Waals surface area (Å²) in [5, 5.41) is 3.41. The Morgan fingerprint density at radius 1 is 1.38 bits per heavy atom. The molecular weight excluding hydrogens is 198 g/mol. The van der Waals surface area contributed by atoms with Gasteiger partial charge in [-0.15, -0.1) is 0 Å². The lowest BCUT2D eigenvalue weighted by atomic mass is 9.94. The van der Waals surface area contributed by atoms with E-state index in [1.165, 1.54) is 22.4 Å². The van der Waals surface area contributed by atoms with Crippen molar-refractivity contribution in [2.45, 2.75) is 13.0 Å². The molecule has 1 N–H and O–H groups in total. The quantitative estimate of drug-likeness (QED) is 0.782. The highest BCUT2D eigenvalue weighted by atomic mass is 15.0. The Hall–Kier alpha value is -1.61. The van der Waals surface area contributed by atoms with Crippen molar-refractivity contribution in [2.75, 3.05) is 6.54 Å². The van der Waals surface area contributed by atoms with E-state index in [9.17, 15) is 0 Å². The van der Waals surface area contributed by atoms with E-state index in [1.807, 2.05) is 19.6 Å². The number of benzene rings is 1. The predicted octanol–water partition coefficient (Wildman–Crippen LogP) is 1.73. The molecule has 3 nitrogen and oxygen atoms in total. The largest absolute Gasteiger partial charge is 0.334 e. The molecule has 0 atom stereocenters. The minimum absolute atomic E-state index is 0.987. The third-order valence-electron chi connectivity index (χ3n) is 3.23. The lowest BCUT2D eigenvalue weighted by Gasteiger charge is -2.20. The molecule has 0 radical (unpaired) electrons. The van der Waals surface area contributed by atoms with E-state index in [1.54, 1.807) is 0 Å². The van der Waals surface area contributed by atoms with E-state index in [0.717, 1.165) is 19.5 Å². The molecule has 0 aliphatic carbocycles. The van der Waals surface area contributed by atoms with Crippen LogP contribution in [0.5, 0.6) is 0 Å². The minimum Gasteiger partial charge on any atom is -0.334 e. The van der Waals surface area contributed by atoms with Crippen LogP contribution in [-0.4, -0.2) is 16.1 Å². The molecule has 0 amide bonds. The standard InChI is InChI=1S/C13H15N3/c1-16-9-15-8-13(16)12-4-2-3-10-7-14-6-5-11(10)12/h2-4,8-9,14H,5-7H2,1H3. The lowest BCUT2D eigenvalue weighted by Crippen LogP contribution is -2.24. The molecule has 1 aromatic heterocycles. The molecule has 0 unspecified atom stereocenters. The van der Waals surface area contributed by atoms with Gasteiger partial charge in [0.2, 0.25) is 0 Å². The zero-order valence-electron chi connectivity index (χ0n) is 9.40. The molecule has 1 aliphatic rings. The molecule has 2 heterocycles. The van der Waals surface area contributed by atoms with E-state index in [2.05, 4.69) is 33.1 Å². The summed E-state index contributed by atoms with van der Waals surface area (Å²) in [4.78, 5) is 4.19. The molecular formula is C13H15N3. The minimum atomic E-state index is 0.987. The van der Waals surface area contributed by atoms with Gasteiger partial charge in [0.1, 0.15) is 0 Å². The molecule has 2 aromatic rings. The second-order valence-electron chi connectivity index (χ2n) is 4.26. The van der Waals surface area contributed by atoms with Gasteiger partial charge in [-0.05, 0) is 24.1 Å². The Labute approximate surface area is 95.1 Å². The molecule has 0 saturated carbocycles. The average molecular weight is 213 g/mol. The number of hydrogen-bond acceptors (Lipinski definition) is 2. The van der Waals surface area contributed by atoms with Gasteiger partial charge in [0.05, 0.1) is 18.2 Å². The number of fused-ring (bicyclic) bond motifs is 1. The summed E-state index contributed by atoms with van der Waals surface area (Å²) >= 11 is 0. The summed E-state index contributed by atoms with van der Waals surface area (Å²) < 4.78 is 2.08. The van der Waals surface area contributed by atoms with Crippen LogP contribution in [0.3, 0.4) is 0 Å². The van der Waals surface area contributed by atoms with Gasteiger partial charge < -0.3 is 9.88 Å². The molecule has 0 spiro atoms. The fourth-order valence-corrected chi connectivity index (χ4v) is 2.39. The number of aryl methyl sites for hydroxylation is 1. The second kappa shape index (κ2) is 3.76. The first-order valence-electron chi connectivity index (χ1n) is 5.64. The number of rotatable bonds is 1. The summed E-state index contributed by atoms with van der Waals surface area (Å²) in [5.74, 6) is 0. The van der Waals surface area contributed by atoms with Crippen molar-refractivity contribution >= 4 is 0 Å². The predicted molar refractivity (Wildman–Crippen MR) is 64.1 cm³/mol. The molecule has 1 aliphatic heterocycles. The van der Waals surface area contributed by atoms with Crippen molar-refractivity contribution in [3.63, 3.8) is 0 Å². The maximum Gasteiger partial charge on any atom is 0.0948 e. The zero-order valence-corrected chi connectivity index (χ0v) is 9.40. The van der Waals surface area contributed by atoms with Gasteiger partial charge in [-0.2, -0.15) is 0 Å². The van der Waals surface area contributed by atoms with E-state index < -0.39 is 0 Å². The van der Waals surface area contributed by atoms with Crippen LogP contribution >= 0.6 is 0 Å². The van der Waals surface area contributed by atoms with E-state index >= 15 is 0 Å². The van der Waals surface area contributed by atoms with E-state index in [0.29, 0.717) is 0 Å². The monoisotopic (exact) mass is 213 g/mol. The van der Waals surface area contributed by atoms with Gasteiger partial charge in [0.25, 0.3) is 0 Å². The summed E-state index contributed by atoms with van der Waals surface area (Å²) in [7, 11) is 2.04. The van der Waals surface area contributed by atoms with Crippen molar-refractivity contribution in [1.29, 1.82) is 0 Å². The normalized spacial score (nSPS) is 14.8. The number of aromatic nitrogens is 2. The van der Waals surface area contributed by atoms with Gasteiger partial charge in [-0.1, -0.05) is 18.2 Å². The van der Waals surface area contributed by atoms with Crippen LogP contribution in [0.25, 0.3) is 11.3 Å². The first kappa shape index (κ1) is 9.60. The molecule has 0 fully saturated rings. The number of imidazole rings is 1. The lowest BCUT2D eigenvalue weighted by molar-refractivity contribution is 0.644. The third kappa shape index (κ3) is 1.44. The SMILES string of the molecule is Cn1cncc1-c1cccc2c1CCNC2. The van der Waals surface area contributed by atoms with Gasteiger partial charge >= 0.3 is 0 Å². The molecule has 3 rings (SSSR count). The first-order valence-corrected chi connectivity index (χ1v) is 5.64. The van der Waals surface area contributed by atoms with Crippen LogP contribution in [0.15, 0.2) is 30.7 Å². The highest BCUT2D eigenvalue weighted by Crippen LogP contribution is 2.27. The van der Waals surface area contributed by atoms with Gasteiger partial charge in [-0.25, -0.2) is 4.98 Å². The summed E-state index contributed by atoms with van der Waals surface area (Å²) in [6.45, 7) is 2.06. The molecule has 3 heteroatoms. The van der Waals surface area contributed by atoms with Gasteiger partial charge in [0.15, 0.2) is 0 Å². The Morgan fingerprint density at radius 2 is 2.31 bits per heavy atom. The fraction of sp³-hybridized carbons (Fsp3) is 0.308. The molecule has 0 saturated heterocycles. The third-order valence-corrected chi connectivity index (χ3v) is 3.23. The van der Waals surface area contributed by atoms with Crippen molar-refractivity contribution in [1.82, 2.24) is 14.9 Å². The van der Waals surface area contributed by atoms with Crippen LogP contribution < -0.4 is 5.32 Å².